The van der Waals surface area contributed by atoms with Crippen molar-refractivity contribution in [1.82, 2.24) is 4.72 Å². The summed E-state index contributed by atoms with van der Waals surface area (Å²) in [7, 11) is -3.94. The quantitative estimate of drug-likeness (QED) is 0.849. The van der Waals surface area contributed by atoms with Gasteiger partial charge in [0, 0.05) is 10.7 Å². The van der Waals surface area contributed by atoms with Crippen molar-refractivity contribution in [2.45, 2.75) is 24.8 Å². The number of carbonyl (C=O) groups is 1. The van der Waals surface area contributed by atoms with E-state index >= 15 is 0 Å². The third-order valence-electron chi connectivity index (χ3n) is 3.37. The molecule has 128 valence electrons. The maximum absolute atomic E-state index is 12.9. The van der Waals surface area contributed by atoms with Gasteiger partial charge in [0.05, 0.1) is 10.9 Å². The van der Waals surface area contributed by atoms with Crippen molar-refractivity contribution in [3.63, 3.8) is 0 Å². The molecule has 8 heteroatoms. The first-order valence-electron chi connectivity index (χ1n) is 7.04. The van der Waals surface area contributed by atoms with E-state index in [0.29, 0.717) is 16.3 Å². The average Bonchev–Trinajstić information content (AvgIpc) is 2.51. The van der Waals surface area contributed by atoms with Crippen LogP contribution in [0.2, 0.25) is 5.02 Å². The zero-order chi connectivity index (χ0) is 17.9. The highest BCUT2D eigenvalue weighted by Crippen LogP contribution is 2.23. The minimum atomic E-state index is -3.94. The number of sulfonamides is 1. The van der Waals surface area contributed by atoms with Gasteiger partial charge in [-0.1, -0.05) is 17.7 Å². The number of amides is 1. The summed E-state index contributed by atoms with van der Waals surface area (Å²) >= 11 is 5.98. The molecule has 0 heterocycles. The van der Waals surface area contributed by atoms with E-state index in [0.717, 1.165) is 24.3 Å². The van der Waals surface area contributed by atoms with Crippen LogP contribution in [0.4, 0.5) is 10.1 Å². The number of anilines is 1. The first kappa shape index (κ1) is 18.4. The highest BCUT2D eigenvalue weighted by Gasteiger charge is 2.22. The molecule has 0 bridgehead atoms. The number of benzene rings is 2. The molecule has 1 amide bonds. The zero-order valence-corrected chi connectivity index (χ0v) is 14.6. The van der Waals surface area contributed by atoms with E-state index in [1.165, 1.54) is 6.92 Å². The van der Waals surface area contributed by atoms with Gasteiger partial charge in [-0.05, 0) is 55.8 Å². The summed E-state index contributed by atoms with van der Waals surface area (Å²) in [6.45, 7) is 3.15. The van der Waals surface area contributed by atoms with Crippen molar-refractivity contribution in [2.24, 2.45) is 0 Å². The first-order chi connectivity index (χ1) is 11.2. The van der Waals surface area contributed by atoms with Gasteiger partial charge in [0.25, 0.3) is 0 Å². The molecule has 0 aliphatic rings. The SMILES string of the molecule is Cc1c(Cl)cccc1NC(=O)[C@H](C)NS(=O)(=O)c1ccc(F)cc1. The number of hydrogen-bond donors (Lipinski definition) is 2. The summed E-state index contributed by atoms with van der Waals surface area (Å²) in [5, 5.41) is 3.12. The molecule has 0 spiro atoms. The van der Waals surface area contributed by atoms with Crippen molar-refractivity contribution >= 4 is 33.2 Å². The standard InChI is InChI=1S/C16H16ClFN2O3S/c1-10-14(17)4-3-5-15(10)19-16(21)11(2)20-24(22,23)13-8-6-12(18)7-9-13/h3-9,11,20H,1-2H3,(H,19,21)/t11-/m0/s1. The maximum atomic E-state index is 12.9. The van der Waals surface area contributed by atoms with Gasteiger partial charge in [-0.25, -0.2) is 12.8 Å². The zero-order valence-electron chi connectivity index (χ0n) is 13.0. The molecule has 0 aromatic heterocycles. The largest absolute Gasteiger partial charge is 0.324 e. The van der Waals surface area contributed by atoms with E-state index in [1.807, 2.05) is 0 Å². The Morgan fingerprint density at radius 1 is 1.17 bits per heavy atom. The normalized spacial score (nSPS) is 12.7. The minimum absolute atomic E-state index is 0.123. The van der Waals surface area contributed by atoms with Crippen LogP contribution in [0.1, 0.15) is 12.5 Å². The number of carbonyl (C=O) groups excluding carboxylic acids is 1. The van der Waals surface area contributed by atoms with Crippen LogP contribution in [0.3, 0.4) is 0 Å². The van der Waals surface area contributed by atoms with Gasteiger partial charge in [-0.15, -0.1) is 0 Å². The fourth-order valence-electron chi connectivity index (χ4n) is 1.95. The van der Waals surface area contributed by atoms with Crippen LogP contribution in [-0.2, 0) is 14.8 Å². The van der Waals surface area contributed by atoms with E-state index < -0.39 is 27.8 Å². The van der Waals surface area contributed by atoms with Crippen LogP contribution in [0, 0.1) is 12.7 Å². The smallest absolute Gasteiger partial charge is 0.242 e. The van der Waals surface area contributed by atoms with Crippen molar-refractivity contribution in [1.29, 1.82) is 0 Å². The van der Waals surface area contributed by atoms with Crippen molar-refractivity contribution in [3.8, 4) is 0 Å². The van der Waals surface area contributed by atoms with Crippen LogP contribution in [0.15, 0.2) is 47.4 Å². The lowest BCUT2D eigenvalue weighted by atomic mass is 10.2. The molecule has 5 nitrogen and oxygen atoms in total. The molecule has 0 unspecified atom stereocenters. The predicted molar refractivity (Wildman–Crippen MR) is 91.0 cm³/mol. The summed E-state index contributed by atoms with van der Waals surface area (Å²) in [5.74, 6) is -1.08. The Kier molecular flexibility index (Phi) is 5.58. The molecule has 0 fully saturated rings. The predicted octanol–water partition coefficient (Wildman–Crippen LogP) is 3.09. The van der Waals surface area contributed by atoms with E-state index in [9.17, 15) is 17.6 Å². The third kappa shape index (κ3) is 4.31. The molecule has 2 rings (SSSR count). The maximum Gasteiger partial charge on any atom is 0.242 e. The second kappa shape index (κ2) is 7.29. The lowest BCUT2D eigenvalue weighted by Gasteiger charge is -2.16. The Bertz CT molecular complexity index is 854. The fourth-order valence-corrected chi connectivity index (χ4v) is 3.33. The molecule has 0 saturated heterocycles. The highest BCUT2D eigenvalue weighted by atomic mass is 35.5. The molecule has 0 aliphatic heterocycles. The number of nitrogens with one attached hydrogen (secondary N) is 2. The summed E-state index contributed by atoms with van der Waals surface area (Å²) < 4.78 is 39.5. The number of hydrogen-bond acceptors (Lipinski definition) is 3. The van der Waals surface area contributed by atoms with E-state index in [1.54, 1.807) is 25.1 Å². The van der Waals surface area contributed by atoms with E-state index in [-0.39, 0.29) is 4.90 Å². The number of halogens is 2. The van der Waals surface area contributed by atoms with E-state index in [2.05, 4.69) is 10.0 Å². The number of rotatable bonds is 5. The Balaban J connectivity index is 2.11. The van der Waals surface area contributed by atoms with E-state index in [4.69, 9.17) is 11.6 Å². The minimum Gasteiger partial charge on any atom is -0.324 e. The Labute approximate surface area is 144 Å². The van der Waals surface area contributed by atoms with Gasteiger partial charge in [0.2, 0.25) is 15.9 Å². The Hall–Kier alpha value is -1.96. The summed E-state index contributed by atoms with van der Waals surface area (Å²) in [6, 6.07) is 8.33. The van der Waals surface area contributed by atoms with Gasteiger partial charge in [0.15, 0.2) is 0 Å². The first-order valence-corrected chi connectivity index (χ1v) is 8.90. The molecule has 0 radical (unpaired) electrons. The van der Waals surface area contributed by atoms with Gasteiger partial charge in [-0.2, -0.15) is 4.72 Å². The Morgan fingerprint density at radius 3 is 2.42 bits per heavy atom. The van der Waals surface area contributed by atoms with Crippen LogP contribution in [0.5, 0.6) is 0 Å². The van der Waals surface area contributed by atoms with Gasteiger partial charge in [0.1, 0.15) is 5.82 Å². The molecule has 2 aromatic rings. The topological polar surface area (TPSA) is 75.3 Å². The van der Waals surface area contributed by atoms with Crippen LogP contribution >= 0.6 is 11.6 Å². The lowest BCUT2D eigenvalue weighted by Crippen LogP contribution is -2.41. The molecule has 1 atom stereocenters. The van der Waals surface area contributed by atoms with Crippen molar-refractivity contribution in [3.05, 3.63) is 58.9 Å². The monoisotopic (exact) mass is 370 g/mol. The van der Waals surface area contributed by atoms with Crippen LogP contribution < -0.4 is 10.0 Å². The summed E-state index contributed by atoms with van der Waals surface area (Å²) in [6.07, 6.45) is 0. The van der Waals surface area contributed by atoms with Gasteiger partial charge in [-0.3, -0.25) is 4.79 Å². The van der Waals surface area contributed by atoms with Crippen molar-refractivity contribution in [2.75, 3.05) is 5.32 Å². The Morgan fingerprint density at radius 2 is 1.79 bits per heavy atom. The molecule has 0 aliphatic carbocycles. The summed E-state index contributed by atoms with van der Waals surface area (Å²) in [5.41, 5.74) is 1.18. The molecular weight excluding hydrogens is 355 g/mol. The second-order valence-electron chi connectivity index (χ2n) is 5.20. The highest BCUT2D eigenvalue weighted by molar-refractivity contribution is 7.89. The third-order valence-corrected chi connectivity index (χ3v) is 5.34. The van der Waals surface area contributed by atoms with Gasteiger partial charge >= 0.3 is 0 Å². The molecular formula is C16H16ClFN2O3S. The molecule has 0 saturated carbocycles. The lowest BCUT2D eigenvalue weighted by molar-refractivity contribution is -0.117. The molecule has 24 heavy (non-hydrogen) atoms. The average molecular weight is 371 g/mol. The molecule has 2 aromatic carbocycles. The van der Waals surface area contributed by atoms with Crippen molar-refractivity contribution < 1.29 is 17.6 Å². The summed E-state index contributed by atoms with van der Waals surface area (Å²) in [4.78, 5) is 12.1. The van der Waals surface area contributed by atoms with Crippen LogP contribution in [0.25, 0.3) is 0 Å². The van der Waals surface area contributed by atoms with Crippen LogP contribution in [-0.4, -0.2) is 20.4 Å². The fraction of sp³-hybridized carbons (Fsp3) is 0.188. The second-order valence-corrected chi connectivity index (χ2v) is 7.32. The molecule has 2 N–H and O–H groups in total. The van der Waals surface area contributed by atoms with Gasteiger partial charge < -0.3 is 5.32 Å².